The number of thiazole rings is 1. The third-order valence-electron chi connectivity index (χ3n) is 2.60. The van der Waals surface area contributed by atoms with Gasteiger partial charge in [-0.3, -0.25) is 4.40 Å². The highest BCUT2D eigenvalue weighted by Gasteiger charge is 2.11. The minimum atomic E-state index is 0.627. The Balaban J connectivity index is 2.21. The second-order valence-corrected chi connectivity index (χ2v) is 4.50. The van der Waals surface area contributed by atoms with Gasteiger partial charge in [0.1, 0.15) is 10.7 Å². The highest BCUT2D eigenvalue weighted by atomic mass is 32.1. The minimum absolute atomic E-state index is 0.627. The van der Waals surface area contributed by atoms with E-state index in [0.717, 1.165) is 12.2 Å². The summed E-state index contributed by atoms with van der Waals surface area (Å²) < 4.78 is 2.18. The Hall–Kier alpha value is -1.59. The Bertz CT molecular complexity index is 591. The average Bonchev–Trinajstić information content (AvgIpc) is 2.94. The molecular weight excluding hydrogens is 220 g/mol. The first-order valence-electron chi connectivity index (χ1n) is 5.17. The molecule has 82 valence electrons. The summed E-state index contributed by atoms with van der Waals surface area (Å²) in [5, 5.41) is 2.15. The molecule has 0 bridgehead atoms. The van der Waals surface area contributed by atoms with Crippen LogP contribution in [0.3, 0.4) is 0 Å². The number of aromatic amines is 1. The number of nitrogens with two attached hydrogens (primary N) is 1. The van der Waals surface area contributed by atoms with Crippen molar-refractivity contribution in [3.8, 4) is 11.3 Å². The molecule has 0 unspecified atom stereocenters. The second kappa shape index (κ2) is 3.77. The SMILES string of the molecule is NCCc1ncc2scc(-c3cc[nH]c3)n12. The number of H-pyrrole nitrogens is 1. The molecule has 0 atom stereocenters. The van der Waals surface area contributed by atoms with E-state index in [9.17, 15) is 0 Å². The molecule has 16 heavy (non-hydrogen) atoms. The van der Waals surface area contributed by atoms with Gasteiger partial charge < -0.3 is 10.7 Å². The molecule has 0 aliphatic rings. The van der Waals surface area contributed by atoms with E-state index >= 15 is 0 Å². The van der Waals surface area contributed by atoms with E-state index in [1.807, 2.05) is 18.6 Å². The van der Waals surface area contributed by atoms with E-state index in [0.29, 0.717) is 6.54 Å². The van der Waals surface area contributed by atoms with E-state index < -0.39 is 0 Å². The van der Waals surface area contributed by atoms with Gasteiger partial charge in [-0.1, -0.05) is 0 Å². The maximum absolute atomic E-state index is 5.59. The summed E-state index contributed by atoms with van der Waals surface area (Å²) in [6.45, 7) is 0.627. The summed E-state index contributed by atoms with van der Waals surface area (Å²) in [7, 11) is 0. The molecule has 0 amide bonds. The van der Waals surface area contributed by atoms with Crippen LogP contribution in [-0.4, -0.2) is 20.9 Å². The van der Waals surface area contributed by atoms with Crippen molar-refractivity contribution in [1.29, 1.82) is 0 Å². The van der Waals surface area contributed by atoms with Crippen molar-refractivity contribution in [3.05, 3.63) is 35.9 Å². The van der Waals surface area contributed by atoms with Crippen LogP contribution in [0.15, 0.2) is 30.0 Å². The van der Waals surface area contributed by atoms with Gasteiger partial charge in [-0.2, -0.15) is 0 Å². The predicted octanol–water partition coefficient (Wildman–Crippen LogP) is 1.89. The van der Waals surface area contributed by atoms with Gasteiger partial charge >= 0.3 is 0 Å². The van der Waals surface area contributed by atoms with Crippen LogP contribution in [0.5, 0.6) is 0 Å². The summed E-state index contributed by atoms with van der Waals surface area (Å²) in [6.07, 6.45) is 6.64. The second-order valence-electron chi connectivity index (χ2n) is 3.61. The highest BCUT2D eigenvalue weighted by molar-refractivity contribution is 7.15. The summed E-state index contributed by atoms with van der Waals surface area (Å²) in [4.78, 5) is 8.64. The largest absolute Gasteiger partial charge is 0.367 e. The quantitative estimate of drug-likeness (QED) is 0.724. The first-order chi connectivity index (χ1) is 7.90. The normalized spacial score (nSPS) is 11.3. The molecule has 5 heteroatoms. The van der Waals surface area contributed by atoms with Crippen LogP contribution in [0.2, 0.25) is 0 Å². The van der Waals surface area contributed by atoms with Crippen molar-refractivity contribution >= 4 is 16.2 Å². The maximum Gasteiger partial charge on any atom is 0.120 e. The minimum Gasteiger partial charge on any atom is -0.367 e. The summed E-state index contributed by atoms with van der Waals surface area (Å²) in [5.74, 6) is 1.04. The van der Waals surface area contributed by atoms with Gasteiger partial charge in [0.15, 0.2) is 0 Å². The van der Waals surface area contributed by atoms with Gasteiger partial charge in [-0.05, 0) is 12.6 Å². The van der Waals surface area contributed by atoms with Crippen LogP contribution in [0.1, 0.15) is 5.82 Å². The van der Waals surface area contributed by atoms with E-state index in [4.69, 9.17) is 5.73 Å². The zero-order valence-electron chi connectivity index (χ0n) is 8.68. The molecule has 0 saturated heterocycles. The Kier molecular flexibility index (Phi) is 2.27. The Morgan fingerprint density at radius 1 is 1.50 bits per heavy atom. The molecule has 0 aromatic carbocycles. The molecular formula is C11H12N4S. The van der Waals surface area contributed by atoms with Crippen molar-refractivity contribution in [2.45, 2.75) is 6.42 Å². The zero-order chi connectivity index (χ0) is 11.0. The third-order valence-corrected chi connectivity index (χ3v) is 3.47. The average molecular weight is 232 g/mol. The number of aromatic nitrogens is 3. The summed E-state index contributed by atoms with van der Waals surface area (Å²) >= 11 is 1.70. The molecule has 3 aromatic rings. The first-order valence-corrected chi connectivity index (χ1v) is 6.05. The predicted molar refractivity (Wildman–Crippen MR) is 65.6 cm³/mol. The molecule has 3 heterocycles. The van der Waals surface area contributed by atoms with Crippen molar-refractivity contribution in [1.82, 2.24) is 14.4 Å². The van der Waals surface area contributed by atoms with Crippen molar-refractivity contribution in [3.63, 3.8) is 0 Å². The standard InChI is InChI=1S/C11H12N4S/c12-3-1-10-14-6-11-15(10)9(7-16-11)8-2-4-13-5-8/h2,4-7,13H,1,3,12H2. The monoisotopic (exact) mass is 232 g/mol. The molecule has 0 saturated carbocycles. The Morgan fingerprint density at radius 2 is 2.44 bits per heavy atom. The zero-order valence-corrected chi connectivity index (χ0v) is 9.50. The smallest absolute Gasteiger partial charge is 0.120 e. The Morgan fingerprint density at radius 3 is 3.19 bits per heavy atom. The van der Waals surface area contributed by atoms with E-state index in [2.05, 4.69) is 25.8 Å². The van der Waals surface area contributed by atoms with Crippen LogP contribution >= 0.6 is 11.3 Å². The molecule has 0 aliphatic carbocycles. The van der Waals surface area contributed by atoms with Gasteiger partial charge in [-0.15, -0.1) is 11.3 Å². The molecule has 0 aliphatic heterocycles. The van der Waals surface area contributed by atoms with Crippen molar-refractivity contribution in [2.75, 3.05) is 6.54 Å². The maximum atomic E-state index is 5.59. The van der Waals surface area contributed by atoms with Gasteiger partial charge in [0, 0.05) is 29.8 Å². The molecule has 3 aromatic heterocycles. The fraction of sp³-hybridized carbons (Fsp3) is 0.182. The lowest BCUT2D eigenvalue weighted by Gasteiger charge is -2.00. The number of fused-ring (bicyclic) bond motifs is 1. The molecule has 0 fully saturated rings. The fourth-order valence-electron chi connectivity index (χ4n) is 1.87. The van der Waals surface area contributed by atoms with Crippen LogP contribution < -0.4 is 5.73 Å². The number of hydrogen-bond donors (Lipinski definition) is 2. The van der Waals surface area contributed by atoms with E-state index in [1.54, 1.807) is 11.3 Å². The van der Waals surface area contributed by atoms with Crippen molar-refractivity contribution in [2.24, 2.45) is 5.73 Å². The van der Waals surface area contributed by atoms with Crippen LogP contribution in [-0.2, 0) is 6.42 Å². The lowest BCUT2D eigenvalue weighted by atomic mass is 10.2. The van der Waals surface area contributed by atoms with Crippen molar-refractivity contribution < 1.29 is 0 Å². The molecule has 3 rings (SSSR count). The number of nitrogens with zero attached hydrogens (tertiary/aromatic N) is 2. The first kappa shape index (κ1) is 9.62. The lowest BCUT2D eigenvalue weighted by molar-refractivity contribution is 0.869. The third kappa shape index (κ3) is 1.36. The molecule has 0 spiro atoms. The fourth-order valence-corrected chi connectivity index (χ4v) is 2.76. The summed E-state index contributed by atoms with van der Waals surface area (Å²) in [6, 6.07) is 2.06. The molecule has 3 N–H and O–H groups in total. The molecule has 4 nitrogen and oxygen atoms in total. The van der Waals surface area contributed by atoms with Gasteiger partial charge in [0.25, 0.3) is 0 Å². The van der Waals surface area contributed by atoms with Gasteiger partial charge in [-0.25, -0.2) is 4.98 Å². The highest BCUT2D eigenvalue weighted by Crippen LogP contribution is 2.27. The van der Waals surface area contributed by atoms with Crippen LogP contribution in [0.4, 0.5) is 0 Å². The topological polar surface area (TPSA) is 59.1 Å². The molecule has 0 radical (unpaired) electrons. The number of nitrogens with one attached hydrogen (secondary N) is 1. The Labute approximate surface area is 96.7 Å². The van der Waals surface area contributed by atoms with Gasteiger partial charge in [0.05, 0.1) is 11.9 Å². The van der Waals surface area contributed by atoms with E-state index in [-0.39, 0.29) is 0 Å². The summed E-state index contributed by atoms with van der Waals surface area (Å²) in [5.41, 5.74) is 7.96. The van der Waals surface area contributed by atoms with Crippen LogP contribution in [0, 0.1) is 0 Å². The van der Waals surface area contributed by atoms with E-state index in [1.165, 1.54) is 16.1 Å². The van der Waals surface area contributed by atoms with Gasteiger partial charge in [0.2, 0.25) is 0 Å². The number of rotatable bonds is 3. The lowest BCUT2D eigenvalue weighted by Crippen LogP contribution is -2.06. The number of imidazole rings is 1. The van der Waals surface area contributed by atoms with Crippen LogP contribution in [0.25, 0.3) is 16.1 Å². The number of hydrogen-bond acceptors (Lipinski definition) is 3.